The van der Waals surface area contributed by atoms with Gasteiger partial charge in [-0.3, -0.25) is 19.2 Å². The number of amides is 6. The van der Waals surface area contributed by atoms with Gasteiger partial charge in [-0.15, -0.1) is 0 Å². The van der Waals surface area contributed by atoms with Gasteiger partial charge in [-0.1, -0.05) is 48.5 Å². The van der Waals surface area contributed by atoms with Gasteiger partial charge >= 0.3 is 30.5 Å². The number of esters is 1. The summed E-state index contributed by atoms with van der Waals surface area (Å²) in [5, 5.41) is 13.6. The Morgan fingerprint density at radius 3 is 1.80 bits per heavy atom. The minimum absolute atomic E-state index is 0.0156. The molecule has 5 N–H and O–H groups in total. The fraction of sp³-hybridized carbons (Fsp3) is 0.468. The molecule has 6 amide bonds. The number of methoxy groups -OCH3 is 1. The number of carbonyl (C=O) groups is 9. The van der Waals surface area contributed by atoms with Gasteiger partial charge in [0.1, 0.15) is 58.1 Å². The highest BCUT2D eigenvalue weighted by Crippen LogP contribution is 2.43. The molecule has 454 valence electrons. The van der Waals surface area contributed by atoms with E-state index in [-0.39, 0.29) is 65.1 Å². The Hall–Kier alpha value is -8.69. The number of rotatable bonds is 15. The van der Waals surface area contributed by atoms with Crippen LogP contribution in [-0.4, -0.2) is 120 Å². The third-order valence-corrected chi connectivity index (χ3v) is 12.2. The van der Waals surface area contributed by atoms with Gasteiger partial charge in [-0.05, 0) is 168 Å². The highest BCUT2D eigenvalue weighted by Gasteiger charge is 2.38. The Balaban J connectivity index is 1.78. The van der Waals surface area contributed by atoms with Gasteiger partial charge in [-0.2, -0.15) is 0 Å². The van der Waals surface area contributed by atoms with Crippen LogP contribution in [0.1, 0.15) is 142 Å². The Labute approximate surface area is 490 Å². The third-order valence-electron chi connectivity index (χ3n) is 12.2. The summed E-state index contributed by atoms with van der Waals surface area (Å²) >= 11 is 0. The van der Waals surface area contributed by atoms with Crippen LogP contribution in [0, 0.1) is 0 Å². The smallest absolute Gasteiger partial charge is 0.467 e. The minimum atomic E-state index is -1.75. The van der Waals surface area contributed by atoms with Gasteiger partial charge in [0, 0.05) is 48.8 Å². The predicted molar refractivity (Wildman–Crippen MR) is 311 cm³/mol. The fourth-order valence-electron chi connectivity index (χ4n) is 8.59. The van der Waals surface area contributed by atoms with Crippen LogP contribution in [0.4, 0.5) is 19.2 Å². The molecule has 4 bridgehead atoms. The van der Waals surface area contributed by atoms with Crippen molar-refractivity contribution >= 4 is 54.1 Å². The summed E-state index contributed by atoms with van der Waals surface area (Å²) in [5.41, 5.74) is -1.73. The lowest BCUT2D eigenvalue weighted by Gasteiger charge is -2.33. The van der Waals surface area contributed by atoms with Gasteiger partial charge in [0.05, 0.1) is 7.11 Å². The number of carbonyl (C=O) groups excluding carboxylic acids is 9. The van der Waals surface area contributed by atoms with E-state index in [1.807, 2.05) is 30.3 Å². The van der Waals surface area contributed by atoms with Gasteiger partial charge in [-0.25, -0.2) is 24.0 Å². The number of hydrogen-bond acceptors (Lipinski definition) is 16. The molecular formula is C62H80N6O16. The number of likely N-dealkylation sites (N-methyl/N-ethyl adjacent to an activating group) is 1. The molecular weight excluding hydrogens is 1080 g/mol. The van der Waals surface area contributed by atoms with Crippen LogP contribution in [0.3, 0.4) is 0 Å². The SMILES string of the molecule is COC(=O)[C@@H]1Cc2ccc(OC(=O)OC(C)(C)C)c(c2)-c2cc(cc(CNC(=O)OC(C)(C)C)c2OC(=O)OC(C)(C)C)[C@H](N(C)C(=O)[C@H](CCCCNC(=O)OC(C)(C)C)NC(=O)c2ccc(-c3ccccc3)cc2)C(=O)N[C@@H](C)C(=O)N1. The average molecular weight is 1170 g/mol. The highest BCUT2D eigenvalue weighted by molar-refractivity contribution is 6.00. The summed E-state index contributed by atoms with van der Waals surface area (Å²) in [5.74, 6) is -4.55. The molecule has 0 radical (unpaired) electrons. The van der Waals surface area contributed by atoms with E-state index in [4.69, 9.17) is 33.2 Å². The zero-order valence-electron chi connectivity index (χ0n) is 50.6. The lowest BCUT2D eigenvalue weighted by molar-refractivity contribution is -0.145. The molecule has 1 aliphatic heterocycles. The van der Waals surface area contributed by atoms with Gasteiger partial charge in [0.2, 0.25) is 17.7 Å². The van der Waals surface area contributed by atoms with Gasteiger partial charge in [0.15, 0.2) is 0 Å². The van der Waals surface area contributed by atoms with Crippen molar-refractivity contribution < 1.29 is 76.3 Å². The van der Waals surface area contributed by atoms with Crippen LogP contribution in [0.5, 0.6) is 11.5 Å². The number of nitrogens with one attached hydrogen (secondary N) is 5. The van der Waals surface area contributed by atoms with Crippen LogP contribution < -0.4 is 36.1 Å². The van der Waals surface area contributed by atoms with Crippen molar-refractivity contribution in [3.05, 3.63) is 107 Å². The molecule has 84 heavy (non-hydrogen) atoms. The second-order valence-corrected chi connectivity index (χ2v) is 24.1. The fourth-order valence-corrected chi connectivity index (χ4v) is 8.59. The molecule has 4 aromatic carbocycles. The molecule has 0 aliphatic carbocycles. The van der Waals surface area contributed by atoms with E-state index in [2.05, 4.69) is 26.6 Å². The molecule has 4 atom stereocenters. The van der Waals surface area contributed by atoms with Crippen molar-refractivity contribution in [2.75, 3.05) is 20.7 Å². The molecule has 22 nitrogen and oxygen atoms in total. The van der Waals surface area contributed by atoms with E-state index in [1.165, 1.54) is 44.3 Å². The molecule has 0 saturated carbocycles. The topological polar surface area (TPSA) is 282 Å². The standard InChI is InChI=1S/C62H80N6O16/c1-36-50(69)67-46(54(73)78-15)32-37-24-29-47(79-57(76)83-61(8,9)10)43(31-37)44-34-41(33-42(35-64-56(75)82-60(5,6)7)49(44)80-58(77)84-62(11,12)13)48(52(71)65-36)68(14)53(72)45(23-19-20-30-63-55(74)81-59(2,3)4)66-51(70)40-27-25-39(26-28-40)38-21-17-16-18-22-38/h16-18,21-22,24-29,31,33-34,36,45-46,48H,19-20,23,30,32,35H2,1-15H3,(H,63,74)(H,64,75)(H,65,71)(H,66,70)(H,67,69)/t36-,45-,46-,48-/m0/s1. The van der Waals surface area contributed by atoms with Crippen molar-refractivity contribution in [2.45, 2.75) is 169 Å². The average Bonchev–Trinajstić information content (AvgIpc) is 3.17. The Morgan fingerprint density at radius 1 is 0.643 bits per heavy atom. The van der Waals surface area contributed by atoms with Crippen LogP contribution >= 0.6 is 0 Å². The van der Waals surface area contributed by atoms with Crippen molar-refractivity contribution in [1.29, 1.82) is 0 Å². The summed E-state index contributed by atoms with van der Waals surface area (Å²) < 4.78 is 39.2. The minimum Gasteiger partial charge on any atom is -0.467 e. The van der Waals surface area contributed by atoms with Gasteiger partial charge < -0.3 is 64.6 Å². The number of unbranched alkanes of at least 4 members (excludes halogenated alkanes) is 1. The van der Waals surface area contributed by atoms with Crippen LogP contribution in [-0.2, 0) is 55.8 Å². The van der Waals surface area contributed by atoms with E-state index >= 15 is 9.59 Å². The predicted octanol–water partition coefficient (Wildman–Crippen LogP) is 9.38. The maximum Gasteiger partial charge on any atom is 0.514 e. The number of alkyl carbamates (subject to hydrolysis) is 2. The number of nitrogens with zero attached hydrogens (tertiary/aromatic N) is 1. The van der Waals surface area contributed by atoms with E-state index in [0.717, 1.165) is 23.1 Å². The number of ether oxygens (including phenoxy) is 7. The van der Waals surface area contributed by atoms with E-state index in [9.17, 15) is 33.6 Å². The molecule has 5 rings (SSSR count). The normalized spacial score (nSPS) is 15.9. The van der Waals surface area contributed by atoms with Crippen LogP contribution in [0.2, 0.25) is 0 Å². The molecule has 4 aromatic rings. The summed E-state index contributed by atoms with van der Waals surface area (Å²) in [6.07, 6.45) is -3.60. The summed E-state index contributed by atoms with van der Waals surface area (Å²) in [7, 11) is 2.44. The molecule has 1 heterocycles. The first-order chi connectivity index (χ1) is 39.1. The second kappa shape index (κ2) is 28.1. The van der Waals surface area contributed by atoms with E-state index in [0.29, 0.717) is 12.0 Å². The zero-order chi connectivity index (χ0) is 62.5. The summed E-state index contributed by atoms with van der Waals surface area (Å²) in [6, 6.07) is 17.6. The Morgan fingerprint density at radius 2 is 1.21 bits per heavy atom. The second-order valence-electron chi connectivity index (χ2n) is 24.1. The maximum absolute atomic E-state index is 15.5. The van der Waals surface area contributed by atoms with Crippen molar-refractivity contribution in [3.8, 4) is 33.8 Å². The Bertz CT molecular complexity index is 3050. The number of benzene rings is 4. The van der Waals surface area contributed by atoms with Crippen molar-refractivity contribution in [1.82, 2.24) is 31.5 Å². The van der Waals surface area contributed by atoms with Crippen molar-refractivity contribution in [3.63, 3.8) is 0 Å². The summed E-state index contributed by atoms with van der Waals surface area (Å²) in [6.45, 7) is 20.8. The maximum atomic E-state index is 15.5. The lowest BCUT2D eigenvalue weighted by atomic mass is 9.91. The quantitative estimate of drug-likeness (QED) is 0.0321. The largest absolute Gasteiger partial charge is 0.514 e. The molecule has 0 saturated heterocycles. The molecule has 0 unspecified atom stereocenters. The first-order valence-electron chi connectivity index (χ1n) is 27.6. The summed E-state index contributed by atoms with van der Waals surface area (Å²) in [4.78, 5) is 127. The Kier molecular flexibility index (Phi) is 22.1. The monoisotopic (exact) mass is 1160 g/mol. The van der Waals surface area contributed by atoms with E-state index in [1.54, 1.807) is 107 Å². The van der Waals surface area contributed by atoms with Crippen LogP contribution in [0.25, 0.3) is 22.3 Å². The van der Waals surface area contributed by atoms with Crippen LogP contribution in [0.15, 0.2) is 84.9 Å². The molecule has 1 aliphatic rings. The molecule has 0 fully saturated rings. The third kappa shape index (κ3) is 20.3. The molecule has 0 aromatic heterocycles. The number of hydrogen-bond donors (Lipinski definition) is 5. The first kappa shape index (κ1) is 66.1. The highest BCUT2D eigenvalue weighted by atomic mass is 16.7. The first-order valence-corrected chi connectivity index (χ1v) is 27.6. The molecule has 0 spiro atoms. The number of fused-ring (bicyclic) bond motifs is 5. The van der Waals surface area contributed by atoms with Gasteiger partial charge in [0.25, 0.3) is 5.91 Å². The van der Waals surface area contributed by atoms with E-state index < -0.39 is 107 Å². The zero-order valence-corrected chi connectivity index (χ0v) is 50.6. The van der Waals surface area contributed by atoms with Crippen molar-refractivity contribution in [2.24, 2.45) is 0 Å². The molecule has 22 heteroatoms. The lowest BCUT2D eigenvalue weighted by Crippen LogP contribution is -2.55.